The molecule has 3 fully saturated rings. The number of aryl methyl sites for hydroxylation is 3. The van der Waals surface area contributed by atoms with Crippen LogP contribution in [-0.4, -0.2) is 232 Å². The predicted molar refractivity (Wildman–Crippen MR) is 481 cm³/mol. The van der Waals surface area contributed by atoms with Crippen molar-refractivity contribution < 1.29 is 43.2 Å². The van der Waals surface area contributed by atoms with Gasteiger partial charge < -0.3 is 61.3 Å². The Morgan fingerprint density at radius 3 is 0.951 bits per heavy atom. The zero-order chi connectivity index (χ0) is 87.1. The first-order chi connectivity index (χ1) is 59.9. The molecule has 0 aliphatic carbocycles. The lowest BCUT2D eigenvalue weighted by Crippen LogP contribution is -2.55. The van der Waals surface area contributed by atoms with Gasteiger partial charge in [-0.3, -0.25) is 58.1 Å². The van der Waals surface area contributed by atoms with Crippen molar-refractivity contribution in [2.75, 3.05) is 80.0 Å². The summed E-state index contributed by atoms with van der Waals surface area (Å²) in [6, 6.07) is 69.0. The number of nitrogens with one attached hydrogen (secondary N) is 6. The number of carbonyl (C=O) groups excluding carboxylic acids is 9. The van der Waals surface area contributed by atoms with E-state index >= 15 is 0 Å². The minimum absolute atomic E-state index is 0.0700. The monoisotopic (exact) mass is 1670 g/mol. The van der Waals surface area contributed by atoms with Crippen LogP contribution in [0.5, 0.6) is 0 Å². The van der Waals surface area contributed by atoms with E-state index in [1.807, 2.05) is 181 Å². The Kier molecular flexibility index (Phi) is 37.6. The number of pyridine rings is 3. The van der Waals surface area contributed by atoms with Crippen LogP contribution < -0.4 is 31.9 Å². The van der Waals surface area contributed by atoms with Gasteiger partial charge in [0.1, 0.15) is 23.8 Å². The SMILES string of the molecule is CN[C@@H](C)C(=O)N[C@@H](CCc1ccccc1)C(=O)N1CCC[C@H]1CN(CCc1ccccc1)C(=O)c1ccccn1.CN[C@@H](C)C(=O)N[C@@H](CCc1ccccc1)C(=O)N1CCC[C@H]1CN(CCc1ccccc1)C(=O)c1cccnc1.CN[C@@H](C)C(=O)N[C@@H](CCc1ccccc1)C(=O)N1CCC[C@H]1CN(CCc1ccccc1)C(=O)c1ccncc1. The molecule has 24 nitrogen and oxygen atoms in total. The summed E-state index contributed by atoms with van der Waals surface area (Å²) in [7, 11) is 5.18. The van der Waals surface area contributed by atoms with Crippen molar-refractivity contribution in [3.63, 3.8) is 0 Å². The first-order valence-electron chi connectivity index (χ1n) is 43.5. The van der Waals surface area contributed by atoms with E-state index in [0.717, 1.165) is 78.3 Å². The average Bonchev–Trinajstić information content (AvgIpc) is 1.80. The molecule has 123 heavy (non-hydrogen) atoms. The summed E-state index contributed by atoms with van der Waals surface area (Å²) in [6.45, 7) is 10.0. The first-order valence-corrected chi connectivity index (χ1v) is 43.5. The Morgan fingerprint density at radius 1 is 0.341 bits per heavy atom. The number of amides is 9. The second-order valence-electron chi connectivity index (χ2n) is 31.9. The second-order valence-corrected chi connectivity index (χ2v) is 31.9. The quantitative estimate of drug-likeness (QED) is 0.0209. The molecule has 0 saturated carbocycles. The van der Waals surface area contributed by atoms with Gasteiger partial charge in [-0.2, -0.15) is 0 Å². The standard InChI is InChI=1S/3C33H41N5O3/c1-25(34-2)31(39)36-30(18-17-26-11-5-3-6-12-26)33(41)38-21-10-16-29(38)24-37(22-19-27-13-7-4-8-14-27)32(40)28-15-9-20-35-23-28;1-25(34-2)31(39)36-30(19-18-26-12-5-3-6-13-26)33(41)38-22-11-16-28(38)24-37(23-20-27-14-7-4-8-15-27)32(40)29-17-9-10-21-35-29;1-25(34-2)31(39)36-30(16-15-26-10-5-3-6-11-26)33(41)38-22-9-14-29(38)24-37(23-19-27-12-7-4-8-13-27)32(40)28-17-20-35-21-18-28/h3-9,11-15,20,23,25,29-30,34H,10,16-19,21-22,24H2,1-2H3,(H,36,39);3-10,12-15,17,21,25,28,30,34H,11,16,18-20,22-24H2,1-2H3,(H,36,39);3-8,10-13,17-18,20-21,25,29-30,34H,9,14-16,19,22-24H2,1-2H3,(H,36,39)/t25-,29-,30-;25-,28-,30-;25-,29-,30-/m000/s1. The Morgan fingerprint density at radius 2 is 0.650 bits per heavy atom. The summed E-state index contributed by atoms with van der Waals surface area (Å²) in [5.74, 6) is -1.17. The van der Waals surface area contributed by atoms with Crippen molar-refractivity contribution in [3.8, 4) is 0 Å². The van der Waals surface area contributed by atoms with E-state index in [1.165, 1.54) is 0 Å². The summed E-state index contributed by atoms with van der Waals surface area (Å²) >= 11 is 0. The fraction of sp³-hybridized carbons (Fsp3) is 0.394. The van der Waals surface area contributed by atoms with Gasteiger partial charge in [0.2, 0.25) is 35.4 Å². The van der Waals surface area contributed by atoms with Crippen molar-refractivity contribution in [3.05, 3.63) is 306 Å². The molecule has 12 rings (SSSR count). The summed E-state index contributed by atoms with van der Waals surface area (Å²) in [5.41, 5.74) is 8.32. The number of likely N-dealkylation sites (N-methyl/N-ethyl adjacent to an activating group) is 3. The maximum Gasteiger partial charge on any atom is 0.272 e. The summed E-state index contributed by atoms with van der Waals surface area (Å²) < 4.78 is 0. The molecule has 648 valence electrons. The topological polar surface area (TPSA) is 284 Å². The molecule has 6 aromatic carbocycles. The van der Waals surface area contributed by atoms with Crippen molar-refractivity contribution in [2.45, 2.75) is 171 Å². The Bertz CT molecular complexity index is 4240. The molecule has 24 heteroatoms. The molecule has 6 N–H and O–H groups in total. The van der Waals surface area contributed by atoms with Crippen LogP contribution in [0.25, 0.3) is 0 Å². The van der Waals surface area contributed by atoms with E-state index in [-0.39, 0.29) is 71.3 Å². The minimum atomic E-state index is -0.650. The third-order valence-electron chi connectivity index (χ3n) is 23.4. The maximum absolute atomic E-state index is 14.0. The summed E-state index contributed by atoms with van der Waals surface area (Å²) in [6.07, 6.45) is 18.8. The fourth-order valence-electron chi connectivity index (χ4n) is 15.8. The lowest BCUT2D eigenvalue weighted by molar-refractivity contribution is -0.138. The van der Waals surface area contributed by atoms with Crippen LogP contribution in [-0.2, 0) is 67.3 Å². The Labute approximate surface area is 725 Å². The maximum atomic E-state index is 14.0. The molecule has 9 amide bonds. The van der Waals surface area contributed by atoms with Gasteiger partial charge >= 0.3 is 0 Å². The van der Waals surface area contributed by atoms with Gasteiger partial charge in [-0.05, 0) is 208 Å². The van der Waals surface area contributed by atoms with Crippen molar-refractivity contribution in [2.24, 2.45) is 0 Å². The number of hydrogen-bond acceptors (Lipinski definition) is 15. The van der Waals surface area contributed by atoms with E-state index in [9.17, 15) is 43.2 Å². The van der Waals surface area contributed by atoms with Gasteiger partial charge in [-0.1, -0.05) is 188 Å². The lowest BCUT2D eigenvalue weighted by Gasteiger charge is -2.33. The number of rotatable bonds is 39. The third kappa shape index (κ3) is 29.0. The van der Waals surface area contributed by atoms with Gasteiger partial charge in [-0.15, -0.1) is 0 Å². The Balaban J connectivity index is 0.000000193. The van der Waals surface area contributed by atoms with Crippen LogP contribution >= 0.6 is 0 Å². The molecule has 0 spiro atoms. The molecule has 3 aliphatic rings. The van der Waals surface area contributed by atoms with Gasteiger partial charge in [0.25, 0.3) is 17.7 Å². The van der Waals surface area contributed by atoms with E-state index in [0.29, 0.717) is 127 Å². The summed E-state index contributed by atoms with van der Waals surface area (Å²) in [5, 5.41) is 17.9. The second kappa shape index (κ2) is 49.7. The highest BCUT2D eigenvalue weighted by Crippen LogP contribution is 2.27. The van der Waals surface area contributed by atoms with Crippen LogP contribution in [0, 0.1) is 0 Å². The molecule has 3 aromatic heterocycles. The van der Waals surface area contributed by atoms with Crippen molar-refractivity contribution in [1.82, 2.24) is 76.3 Å². The van der Waals surface area contributed by atoms with E-state index < -0.39 is 36.3 Å². The molecule has 0 unspecified atom stereocenters. The van der Waals surface area contributed by atoms with Crippen LogP contribution in [0.1, 0.15) is 143 Å². The molecule has 6 heterocycles. The molecule has 0 radical (unpaired) electrons. The van der Waals surface area contributed by atoms with E-state index in [4.69, 9.17) is 0 Å². The number of likely N-dealkylation sites (tertiary alicyclic amines) is 3. The molecule has 9 aromatic rings. The third-order valence-corrected chi connectivity index (χ3v) is 23.4. The van der Waals surface area contributed by atoms with Gasteiger partial charge in [0, 0.05) is 114 Å². The highest BCUT2D eigenvalue weighted by molar-refractivity contribution is 5.96. The zero-order valence-electron chi connectivity index (χ0n) is 72.1. The van der Waals surface area contributed by atoms with Gasteiger partial charge in [0.15, 0.2) is 0 Å². The van der Waals surface area contributed by atoms with Gasteiger partial charge in [0.05, 0.1) is 23.7 Å². The smallest absolute Gasteiger partial charge is 0.272 e. The van der Waals surface area contributed by atoms with Crippen LogP contribution in [0.3, 0.4) is 0 Å². The van der Waals surface area contributed by atoms with Crippen LogP contribution in [0.2, 0.25) is 0 Å². The minimum Gasteiger partial charge on any atom is -0.343 e. The molecule has 0 bridgehead atoms. The molecular weight excluding hydrogens is 1540 g/mol. The largest absolute Gasteiger partial charge is 0.343 e. The average molecular weight is 1670 g/mol. The zero-order valence-corrected chi connectivity index (χ0v) is 72.1. The number of benzene rings is 6. The van der Waals surface area contributed by atoms with E-state index in [1.54, 1.807) is 109 Å². The van der Waals surface area contributed by atoms with E-state index in [2.05, 4.69) is 83.3 Å². The number of carbonyl (C=O) groups is 9. The molecule has 3 aliphatic heterocycles. The van der Waals surface area contributed by atoms with Crippen molar-refractivity contribution >= 4 is 53.2 Å². The molecule has 9 atom stereocenters. The van der Waals surface area contributed by atoms with Gasteiger partial charge in [-0.25, -0.2) is 0 Å². The summed E-state index contributed by atoms with van der Waals surface area (Å²) in [4.78, 5) is 145. The van der Waals surface area contributed by atoms with Crippen LogP contribution in [0.4, 0.5) is 0 Å². The Hall–Kier alpha value is -12.1. The number of nitrogens with zero attached hydrogens (tertiary/aromatic N) is 9. The molecular formula is C99H123N15O9. The number of aromatic nitrogens is 3. The highest BCUT2D eigenvalue weighted by atomic mass is 16.2. The fourth-order valence-corrected chi connectivity index (χ4v) is 15.8. The van der Waals surface area contributed by atoms with Crippen LogP contribution in [0.15, 0.2) is 255 Å². The first kappa shape index (κ1) is 93.2. The van der Waals surface area contributed by atoms with Crippen molar-refractivity contribution in [1.29, 1.82) is 0 Å². The molecule has 3 saturated heterocycles. The predicted octanol–water partition coefficient (Wildman–Crippen LogP) is 10.4. The normalized spacial score (nSPS) is 16.1. The highest BCUT2D eigenvalue weighted by Gasteiger charge is 2.40. The number of hydrogen-bond donors (Lipinski definition) is 6. The lowest BCUT2D eigenvalue weighted by atomic mass is 10.0.